The Bertz CT molecular complexity index is 298. The minimum atomic E-state index is 0.659. The van der Waals surface area contributed by atoms with E-state index in [-0.39, 0.29) is 0 Å². The van der Waals surface area contributed by atoms with Crippen molar-refractivity contribution in [1.29, 1.82) is 0 Å². The zero-order chi connectivity index (χ0) is 9.80. The summed E-state index contributed by atoms with van der Waals surface area (Å²) in [6.45, 7) is 4.59. The zero-order valence-electron chi connectivity index (χ0n) is 8.41. The lowest BCUT2D eigenvalue weighted by molar-refractivity contribution is 0.187. The molecule has 0 radical (unpaired) electrons. The van der Waals surface area contributed by atoms with Gasteiger partial charge in [0.25, 0.3) is 0 Å². The molecular formula is C13H16O. The summed E-state index contributed by atoms with van der Waals surface area (Å²) in [7, 11) is 0. The molecule has 0 aliphatic heterocycles. The van der Waals surface area contributed by atoms with Gasteiger partial charge in [-0.25, -0.2) is 0 Å². The molecule has 1 aliphatic rings. The van der Waals surface area contributed by atoms with Crippen LogP contribution in [0.5, 0.6) is 0 Å². The molecule has 0 unspecified atom stereocenters. The van der Waals surface area contributed by atoms with Crippen molar-refractivity contribution in [2.24, 2.45) is 5.92 Å². The summed E-state index contributed by atoms with van der Waals surface area (Å²) < 4.78 is 5.58. The minimum absolute atomic E-state index is 0.659. The number of ether oxygens (including phenoxy) is 1. The fraction of sp³-hybridized carbons (Fsp3) is 0.385. The first kappa shape index (κ1) is 9.32. The fourth-order valence-corrected chi connectivity index (χ4v) is 1.46. The van der Waals surface area contributed by atoms with E-state index in [1.165, 1.54) is 18.4 Å². The van der Waals surface area contributed by atoms with E-state index < -0.39 is 0 Å². The second-order valence-corrected chi connectivity index (χ2v) is 3.96. The molecule has 1 aromatic rings. The molecule has 1 aliphatic carbocycles. The molecule has 0 aromatic heterocycles. The Hall–Kier alpha value is -1.24. The quantitative estimate of drug-likeness (QED) is 0.642. The first-order chi connectivity index (χ1) is 6.84. The highest BCUT2D eigenvalue weighted by atomic mass is 16.5. The first-order valence-electron chi connectivity index (χ1n) is 5.19. The van der Waals surface area contributed by atoms with Gasteiger partial charge in [0.15, 0.2) is 0 Å². The van der Waals surface area contributed by atoms with Crippen molar-refractivity contribution in [3.63, 3.8) is 0 Å². The lowest BCUT2D eigenvalue weighted by Crippen LogP contribution is -1.93. The van der Waals surface area contributed by atoms with Gasteiger partial charge in [0, 0.05) is 6.42 Å². The van der Waals surface area contributed by atoms with Gasteiger partial charge in [-0.15, -0.1) is 0 Å². The number of hydrogen-bond donors (Lipinski definition) is 0. The van der Waals surface area contributed by atoms with Crippen LogP contribution in [0, 0.1) is 5.92 Å². The Kier molecular flexibility index (Phi) is 2.87. The zero-order valence-corrected chi connectivity index (χ0v) is 8.41. The van der Waals surface area contributed by atoms with Crippen LogP contribution in [0.2, 0.25) is 0 Å². The van der Waals surface area contributed by atoms with Crippen LogP contribution >= 0.6 is 0 Å². The van der Waals surface area contributed by atoms with Crippen LogP contribution < -0.4 is 0 Å². The molecule has 2 rings (SSSR count). The highest BCUT2D eigenvalue weighted by Gasteiger charge is 2.22. The van der Waals surface area contributed by atoms with Gasteiger partial charge in [-0.3, -0.25) is 0 Å². The molecule has 0 N–H and O–H groups in total. The third-order valence-corrected chi connectivity index (χ3v) is 2.50. The molecule has 0 atom stereocenters. The van der Waals surface area contributed by atoms with E-state index in [2.05, 4.69) is 18.7 Å². The summed E-state index contributed by atoms with van der Waals surface area (Å²) >= 11 is 0. The lowest BCUT2D eigenvalue weighted by Gasteiger charge is -2.08. The molecule has 0 amide bonds. The molecule has 0 heterocycles. The van der Waals surface area contributed by atoms with Gasteiger partial charge in [0.1, 0.15) is 6.61 Å². The molecule has 1 nitrogen and oxygen atoms in total. The summed E-state index contributed by atoms with van der Waals surface area (Å²) in [5.74, 6) is 1.80. The van der Waals surface area contributed by atoms with Crippen molar-refractivity contribution >= 4 is 0 Å². The van der Waals surface area contributed by atoms with Crippen molar-refractivity contribution < 1.29 is 4.74 Å². The Morgan fingerprint density at radius 2 is 2.00 bits per heavy atom. The van der Waals surface area contributed by atoms with Gasteiger partial charge in [-0.05, 0) is 24.3 Å². The molecule has 0 bridgehead atoms. The number of hydrogen-bond acceptors (Lipinski definition) is 1. The van der Waals surface area contributed by atoms with Gasteiger partial charge >= 0.3 is 0 Å². The Balaban J connectivity index is 1.73. The van der Waals surface area contributed by atoms with Crippen molar-refractivity contribution in [2.45, 2.75) is 25.9 Å². The van der Waals surface area contributed by atoms with Crippen LogP contribution in [0.4, 0.5) is 0 Å². The molecule has 1 fully saturated rings. The molecule has 1 aromatic carbocycles. The van der Waals surface area contributed by atoms with Crippen molar-refractivity contribution in [2.75, 3.05) is 0 Å². The maximum absolute atomic E-state index is 5.58. The Labute approximate surface area is 85.4 Å². The highest BCUT2D eigenvalue weighted by Crippen LogP contribution is 2.35. The fourth-order valence-electron chi connectivity index (χ4n) is 1.46. The van der Waals surface area contributed by atoms with Gasteiger partial charge in [-0.2, -0.15) is 0 Å². The second kappa shape index (κ2) is 4.32. The standard InChI is InChI=1S/C13H16O/c1-11(9-12-7-8-12)14-10-13-5-3-2-4-6-13/h2-6,12H,1,7-10H2. The molecule has 1 heteroatoms. The summed E-state index contributed by atoms with van der Waals surface area (Å²) in [4.78, 5) is 0. The van der Waals surface area contributed by atoms with E-state index in [4.69, 9.17) is 4.74 Å². The van der Waals surface area contributed by atoms with E-state index in [1.807, 2.05) is 18.2 Å². The lowest BCUT2D eigenvalue weighted by atomic mass is 10.2. The molecule has 0 spiro atoms. The summed E-state index contributed by atoms with van der Waals surface area (Å²) in [6.07, 6.45) is 3.76. The molecule has 1 saturated carbocycles. The summed E-state index contributed by atoms with van der Waals surface area (Å²) in [6, 6.07) is 10.2. The van der Waals surface area contributed by atoms with E-state index in [0.29, 0.717) is 6.61 Å². The van der Waals surface area contributed by atoms with E-state index in [9.17, 15) is 0 Å². The topological polar surface area (TPSA) is 9.23 Å². The van der Waals surface area contributed by atoms with Crippen molar-refractivity contribution in [3.05, 3.63) is 48.2 Å². The van der Waals surface area contributed by atoms with E-state index in [1.54, 1.807) is 0 Å². The monoisotopic (exact) mass is 188 g/mol. The van der Waals surface area contributed by atoms with Crippen LogP contribution in [0.25, 0.3) is 0 Å². The van der Waals surface area contributed by atoms with Gasteiger partial charge in [-0.1, -0.05) is 36.9 Å². The van der Waals surface area contributed by atoms with Crippen LogP contribution in [-0.4, -0.2) is 0 Å². The average molecular weight is 188 g/mol. The normalized spacial score (nSPS) is 15.1. The number of rotatable bonds is 5. The third kappa shape index (κ3) is 2.91. The smallest absolute Gasteiger partial charge is 0.113 e. The second-order valence-electron chi connectivity index (χ2n) is 3.96. The maximum Gasteiger partial charge on any atom is 0.113 e. The molecular weight excluding hydrogens is 172 g/mol. The molecule has 14 heavy (non-hydrogen) atoms. The Morgan fingerprint density at radius 3 is 2.64 bits per heavy atom. The average Bonchev–Trinajstić information content (AvgIpc) is 3.00. The largest absolute Gasteiger partial charge is 0.494 e. The van der Waals surface area contributed by atoms with Crippen LogP contribution in [0.15, 0.2) is 42.7 Å². The van der Waals surface area contributed by atoms with Gasteiger partial charge in [0.2, 0.25) is 0 Å². The predicted molar refractivity (Wildman–Crippen MR) is 57.7 cm³/mol. The Morgan fingerprint density at radius 1 is 1.29 bits per heavy atom. The molecule has 0 saturated heterocycles. The first-order valence-corrected chi connectivity index (χ1v) is 5.19. The van der Waals surface area contributed by atoms with Crippen LogP contribution in [0.3, 0.4) is 0 Å². The minimum Gasteiger partial charge on any atom is -0.494 e. The van der Waals surface area contributed by atoms with Gasteiger partial charge < -0.3 is 4.74 Å². The maximum atomic E-state index is 5.58. The van der Waals surface area contributed by atoms with E-state index >= 15 is 0 Å². The predicted octanol–water partition coefficient (Wildman–Crippen LogP) is 3.52. The van der Waals surface area contributed by atoms with Crippen molar-refractivity contribution in [1.82, 2.24) is 0 Å². The van der Waals surface area contributed by atoms with Crippen LogP contribution in [0.1, 0.15) is 24.8 Å². The number of allylic oxidation sites excluding steroid dienone is 1. The summed E-state index contributed by atoms with van der Waals surface area (Å²) in [5.41, 5.74) is 1.21. The summed E-state index contributed by atoms with van der Waals surface area (Å²) in [5, 5.41) is 0. The number of benzene rings is 1. The molecule has 74 valence electrons. The third-order valence-electron chi connectivity index (χ3n) is 2.50. The van der Waals surface area contributed by atoms with E-state index in [0.717, 1.165) is 18.1 Å². The SMILES string of the molecule is C=C(CC1CC1)OCc1ccccc1. The van der Waals surface area contributed by atoms with Crippen molar-refractivity contribution in [3.8, 4) is 0 Å². The highest BCUT2D eigenvalue weighted by molar-refractivity contribution is 5.13. The van der Waals surface area contributed by atoms with Gasteiger partial charge in [0.05, 0.1) is 5.76 Å². The van der Waals surface area contributed by atoms with Crippen LogP contribution in [-0.2, 0) is 11.3 Å².